The van der Waals surface area contributed by atoms with Gasteiger partial charge in [0.15, 0.2) is 0 Å². The fourth-order valence-electron chi connectivity index (χ4n) is 0.825. The molecule has 0 unspecified atom stereocenters. The molecular formula is C9H13LiN2. The second-order valence-corrected chi connectivity index (χ2v) is 2.63. The number of hydrogen-bond donors (Lipinski definition) is 0. The number of anilines is 1. The Hall–Kier alpha value is -0.423. The molecule has 0 spiro atoms. The maximum Gasteiger partial charge on any atom is 1.00 e. The molecule has 0 aliphatic carbocycles. The van der Waals surface area contributed by atoms with Gasteiger partial charge in [-0.05, 0) is 0 Å². The molecule has 0 heterocycles. The van der Waals surface area contributed by atoms with Crippen molar-refractivity contribution in [3.8, 4) is 0 Å². The van der Waals surface area contributed by atoms with Crippen molar-refractivity contribution in [2.75, 3.05) is 26.2 Å². The van der Waals surface area contributed by atoms with Gasteiger partial charge in [-0.25, -0.2) is 5.01 Å². The second kappa shape index (κ2) is 5.26. The molecule has 2 nitrogen and oxygen atoms in total. The summed E-state index contributed by atoms with van der Waals surface area (Å²) in [5.41, 5.74) is 1.17. The molecule has 60 valence electrons. The third-order valence-electron chi connectivity index (χ3n) is 1.67. The van der Waals surface area contributed by atoms with Crippen molar-refractivity contribution in [3.05, 3.63) is 30.3 Å². The molecule has 1 aromatic carbocycles. The Bertz CT molecular complexity index is 211. The number of hydrazine groups is 1. The largest absolute Gasteiger partial charge is 1.00 e. The Kier molecular flexibility index (Phi) is 5.08. The van der Waals surface area contributed by atoms with Crippen molar-refractivity contribution >= 4 is 5.69 Å². The van der Waals surface area contributed by atoms with Gasteiger partial charge in [-0.15, -0.1) is 12.1 Å². The van der Waals surface area contributed by atoms with Gasteiger partial charge in [-0.1, -0.05) is 5.69 Å². The first-order valence-electron chi connectivity index (χ1n) is 3.59. The van der Waals surface area contributed by atoms with Crippen LogP contribution in [0, 0.1) is 6.07 Å². The van der Waals surface area contributed by atoms with E-state index in [1.165, 1.54) is 5.69 Å². The summed E-state index contributed by atoms with van der Waals surface area (Å²) >= 11 is 0. The number of nitrogens with zero attached hydrogens (tertiary/aromatic N) is 2. The van der Waals surface area contributed by atoms with Crippen LogP contribution in [0.3, 0.4) is 0 Å². The monoisotopic (exact) mass is 156 g/mol. The van der Waals surface area contributed by atoms with Crippen molar-refractivity contribution in [1.82, 2.24) is 5.01 Å². The van der Waals surface area contributed by atoms with Gasteiger partial charge in [-0.2, -0.15) is 18.2 Å². The van der Waals surface area contributed by atoms with Crippen molar-refractivity contribution < 1.29 is 18.9 Å². The summed E-state index contributed by atoms with van der Waals surface area (Å²) in [6.45, 7) is 0. The van der Waals surface area contributed by atoms with Gasteiger partial charge in [-0.3, -0.25) is 0 Å². The topological polar surface area (TPSA) is 6.48 Å². The second-order valence-electron chi connectivity index (χ2n) is 2.63. The number of benzene rings is 1. The van der Waals surface area contributed by atoms with Crippen LogP contribution in [-0.2, 0) is 0 Å². The van der Waals surface area contributed by atoms with E-state index in [-0.39, 0.29) is 18.9 Å². The molecule has 0 bridgehead atoms. The minimum Gasteiger partial charge on any atom is -0.334 e. The van der Waals surface area contributed by atoms with Gasteiger partial charge >= 0.3 is 18.9 Å². The Morgan fingerprint density at radius 1 is 1.08 bits per heavy atom. The summed E-state index contributed by atoms with van der Waals surface area (Å²) in [5.74, 6) is 0. The van der Waals surface area contributed by atoms with Crippen LogP contribution in [0.5, 0.6) is 0 Å². The summed E-state index contributed by atoms with van der Waals surface area (Å²) in [6.07, 6.45) is 0. The van der Waals surface area contributed by atoms with Crippen LogP contribution in [0.15, 0.2) is 24.3 Å². The predicted molar refractivity (Wildman–Crippen MR) is 47.4 cm³/mol. The maximum absolute atomic E-state index is 2.98. The minimum absolute atomic E-state index is 0. The van der Waals surface area contributed by atoms with Crippen LogP contribution in [0.25, 0.3) is 0 Å². The first-order valence-corrected chi connectivity index (χ1v) is 3.59. The van der Waals surface area contributed by atoms with E-state index in [0.717, 1.165) is 0 Å². The normalized spacial score (nSPS) is 9.33. The van der Waals surface area contributed by atoms with E-state index in [1.54, 1.807) is 0 Å². The minimum atomic E-state index is 0. The van der Waals surface area contributed by atoms with Crippen molar-refractivity contribution in [2.45, 2.75) is 0 Å². The first kappa shape index (κ1) is 11.6. The van der Waals surface area contributed by atoms with E-state index in [4.69, 9.17) is 0 Å². The van der Waals surface area contributed by atoms with Gasteiger partial charge in [0.05, 0.1) is 0 Å². The van der Waals surface area contributed by atoms with Crippen LogP contribution < -0.4 is 23.9 Å². The fourth-order valence-corrected chi connectivity index (χ4v) is 0.825. The van der Waals surface area contributed by atoms with Gasteiger partial charge in [0.1, 0.15) is 0 Å². The Balaban J connectivity index is 0.00000121. The standard InChI is InChI=1S/C9H13N2.Li/c1-10(2)11(3)9-7-5-4-6-8-9;/h5-8H,1-3H3;/q-1;+1. The van der Waals surface area contributed by atoms with Gasteiger partial charge in [0, 0.05) is 21.1 Å². The Morgan fingerprint density at radius 2 is 1.58 bits per heavy atom. The van der Waals surface area contributed by atoms with E-state index in [0.29, 0.717) is 0 Å². The van der Waals surface area contributed by atoms with Crippen molar-refractivity contribution in [3.63, 3.8) is 0 Å². The van der Waals surface area contributed by atoms with E-state index >= 15 is 0 Å². The number of hydrogen-bond acceptors (Lipinski definition) is 2. The molecule has 0 atom stereocenters. The van der Waals surface area contributed by atoms with Crippen molar-refractivity contribution in [2.24, 2.45) is 0 Å². The van der Waals surface area contributed by atoms with Gasteiger partial charge in [0.2, 0.25) is 0 Å². The maximum atomic E-state index is 2.98. The van der Waals surface area contributed by atoms with Crippen molar-refractivity contribution in [1.29, 1.82) is 0 Å². The van der Waals surface area contributed by atoms with Crippen LogP contribution in [-0.4, -0.2) is 26.2 Å². The summed E-state index contributed by atoms with van der Waals surface area (Å²) < 4.78 is 0. The third kappa shape index (κ3) is 2.90. The molecule has 0 N–H and O–H groups in total. The summed E-state index contributed by atoms with van der Waals surface area (Å²) in [4.78, 5) is 0. The molecule has 0 aliphatic heterocycles. The molecule has 0 saturated heterocycles. The molecule has 0 aliphatic rings. The Morgan fingerprint density at radius 3 is 2.00 bits per heavy atom. The van der Waals surface area contributed by atoms with Crippen LogP contribution >= 0.6 is 0 Å². The zero-order valence-electron chi connectivity index (χ0n) is 8.20. The third-order valence-corrected chi connectivity index (χ3v) is 1.67. The van der Waals surface area contributed by atoms with E-state index in [9.17, 15) is 0 Å². The van der Waals surface area contributed by atoms with Gasteiger partial charge < -0.3 is 5.01 Å². The Labute approximate surface area is 86.3 Å². The molecule has 0 fully saturated rings. The zero-order valence-corrected chi connectivity index (χ0v) is 8.20. The molecule has 12 heavy (non-hydrogen) atoms. The van der Waals surface area contributed by atoms with E-state index < -0.39 is 0 Å². The predicted octanol–water partition coefficient (Wildman–Crippen LogP) is -1.60. The van der Waals surface area contributed by atoms with Crippen LogP contribution in [0.1, 0.15) is 0 Å². The average Bonchev–Trinajstić information content (AvgIpc) is 2.05. The summed E-state index contributed by atoms with van der Waals surface area (Å²) in [5, 5.41) is 4.09. The molecular weight excluding hydrogens is 143 g/mol. The molecule has 0 amide bonds. The summed E-state index contributed by atoms with van der Waals surface area (Å²) in [7, 11) is 6.04. The molecule has 1 rings (SSSR count). The van der Waals surface area contributed by atoms with E-state index in [1.807, 2.05) is 50.4 Å². The summed E-state index contributed by atoms with van der Waals surface area (Å²) in [6, 6.07) is 10.9. The molecule has 1 aromatic rings. The average molecular weight is 156 g/mol. The SMILES string of the molecule is CN(C)N(C)c1cc[c-]cc1.[Li+]. The van der Waals surface area contributed by atoms with Crippen LogP contribution in [0.4, 0.5) is 5.69 Å². The van der Waals surface area contributed by atoms with E-state index in [2.05, 4.69) is 11.1 Å². The zero-order chi connectivity index (χ0) is 8.27. The van der Waals surface area contributed by atoms with Gasteiger partial charge in [0.25, 0.3) is 0 Å². The molecule has 0 saturated carbocycles. The quantitative estimate of drug-likeness (QED) is 0.289. The number of rotatable bonds is 2. The smallest absolute Gasteiger partial charge is 0.334 e. The molecule has 3 heteroatoms. The van der Waals surface area contributed by atoms with Crippen LogP contribution in [0.2, 0.25) is 0 Å². The first-order chi connectivity index (χ1) is 5.22. The molecule has 0 radical (unpaired) electrons. The fraction of sp³-hybridized carbons (Fsp3) is 0.333. The molecule has 0 aromatic heterocycles.